The summed E-state index contributed by atoms with van der Waals surface area (Å²) in [6.45, 7) is 13.1. The Hall–Kier alpha value is -3.17. The highest BCUT2D eigenvalue weighted by Gasteiger charge is 2.68. The molecule has 1 aliphatic heterocycles. The number of amides is 3. The highest BCUT2D eigenvalue weighted by atomic mass is 16.7. The van der Waals surface area contributed by atoms with Gasteiger partial charge in [0, 0.05) is 17.7 Å². The van der Waals surface area contributed by atoms with Gasteiger partial charge in [0.2, 0.25) is 5.91 Å². The summed E-state index contributed by atoms with van der Waals surface area (Å²) in [7, 11) is -0.590. The summed E-state index contributed by atoms with van der Waals surface area (Å²) >= 11 is 0. The van der Waals surface area contributed by atoms with Crippen LogP contribution in [-0.4, -0.2) is 55.1 Å². The third-order valence-corrected chi connectivity index (χ3v) is 10.5. The number of unbranched alkanes of at least 4 members (excludes halogenated alkanes) is 1. The van der Waals surface area contributed by atoms with Gasteiger partial charge < -0.3 is 25.3 Å². The van der Waals surface area contributed by atoms with Gasteiger partial charge in [-0.25, -0.2) is 0 Å². The SMILES string of the molecule is CCCCc1ccc(C(=O)N[C@@H](CNC(=O)c2ccccc2)C(=O)N[C@@H](CC(C)C)B2O[C@@H]3C[C@@H]4C[C@@H](C4(C)C)[C@]3(C)O2)cc1. The van der Waals surface area contributed by atoms with E-state index in [1.54, 1.807) is 36.4 Å². The number of carbonyl (C=O) groups is 3. The number of rotatable bonds is 13. The minimum absolute atomic E-state index is 0.00759. The molecule has 2 aromatic carbocycles. The average molecular weight is 616 g/mol. The summed E-state index contributed by atoms with van der Waals surface area (Å²) in [5, 5.41) is 8.89. The van der Waals surface area contributed by atoms with Crippen LogP contribution in [0.2, 0.25) is 0 Å². The highest BCUT2D eigenvalue weighted by Crippen LogP contribution is 2.65. The van der Waals surface area contributed by atoms with Crippen molar-refractivity contribution in [2.75, 3.05) is 6.54 Å². The third kappa shape index (κ3) is 7.15. The monoisotopic (exact) mass is 615 g/mol. The van der Waals surface area contributed by atoms with Gasteiger partial charge in [-0.15, -0.1) is 0 Å². The van der Waals surface area contributed by atoms with Gasteiger partial charge in [0.05, 0.1) is 17.6 Å². The van der Waals surface area contributed by atoms with Crippen molar-refractivity contribution in [1.29, 1.82) is 0 Å². The average Bonchev–Trinajstić information content (AvgIpc) is 3.39. The third-order valence-electron chi connectivity index (χ3n) is 10.5. The van der Waals surface area contributed by atoms with Crippen LogP contribution >= 0.6 is 0 Å². The minimum atomic E-state index is -1.01. The highest BCUT2D eigenvalue weighted by molar-refractivity contribution is 6.48. The number of hydrogen-bond acceptors (Lipinski definition) is 5. The van der Waals surface area contributed by atoms with Crippen LogP contribution in [-0.2, 0) is 20.5 Å². The van der Waals surface area contributed by atoms with E-state index in [1.807, 2.05) is 18.2 Å². The van der Waals surface area contributed by atoms with Crippen LogP contribution in [0.1, 0.15) is 99.9 Å². The second-order valence-corrected chi connectivity index (χ2v) is 14.5. The van der Waals surface area contributed by atoms with Gasteiger partial charge in [-0.2, -0.15) is 0 Å². The topological polar surface area (TPSA) is 106 Å². The van der Waals surface area contributed by atoms with E-state index in [9.17, 15) is 14.4 Å². The Labute approximate surface area is 268 Å². The molecule has 0 unspecified atom stereocenters. The van der Waals surface area contributed by atoms with Gasteiger partial charge >= 0.3 is 7.12 Å². The molecule has 3 aliphatic carbocycles. The maximum atomic E-state index is 14.0. The van der Waals surface area contributed by atoms with Crippen molar-refractivity contribution in [3.05, 3.63) is 71.3 Å². The van der Waals surface area contributed by atoms with E-state index >= 15 is 0 Å². The van der Waals surface area contributed by atoms with Crippen molar-refractivity contribution in [2.45, 2.75) is 104 Å². The van der Waals surface area contributed by atoms with Gasteiger partial charge in [-0.3, -0.25) is 14.4 Å². The number of benzene rings is 2. The second-order valence-electron chi connectivity index (χ2n) is 14.5. The molecular formula is C36H50BN3O5. The smallest absolute Gasteiger partial charge is 0.404 e. The van der Waals surface area contributed by atoms with Gasteiger partial charge in [-0.05, 0) is 92.0 Å². The Kier molecular flexibility index (Phi) is 10.1. The maximum absolute atomic E-state index is 14.0. The van der Waals surface area contributed by atoms with Crippen LogP contribution in [0, 0.1) is 23.2 Å². The molecule has 1 heterocycles. The molecule has 2 bridgehead atoms. The molecule has 0 aromatic heterocycles. The second kappa shape index (κ2) is 13.7. The fourth-order valence-electron chi connectivity index (χ4n) is 7.64. The quantitative estimate of drug-likeness (QED) is 0.264. The fourth-order valence-corrected chi connectivity index (χ4v) is 7.64. The first kappa shape index (κ1) is 33.2. The molecule has 45 heavy (non-hydrogen) atoms. The molecule has 6 rings (SSSR count). The molecule has 4 aliphatic rings. The molecule has 9 heteroatoms. The van der Waals surface area contributed by atoms with Crippen LogP contribution in [0.25, 0.3) is 0 Å². The lowest BCUT2D eigenvalue weighted by Gasteiger charge is -2.64. The molecule has 4 fully saturated rings. The molecular weight excluding hydrogens is 565 g/mol. The van der Waals surface area contributed by atoms with E-state index in [-0.39, 0.29) is 35.8 Å². The number of nitrogens with one attached hydrogen (secondary N) is 3. The fraction of sp³-hybridized carbons (Fsp3) is 0.583. The van der Waals surface area contributed by atoms with Crippen molar-refractivity contribution in [3.63, 3.8) is 0 Å². The molecule has 3 N–H and O–H groups in total. The van der Waals surface area contributed by atoms with Crippen LogP contribution < -0.4 is 16.0 Å². The van der Waals surface area contributed by atoms with Crippen LogP contribution in [0.5, 0.6) is 0 Å². The van der Waals surface area contributed by atoms with Crippen molar-refractivity contribution >= 4 is 24.8 Å². The predicted octanol–water partition coefficient (Wildman–Crippen LogP) is 5.36. The van der Waals surface area contributed by atoms with Crippen molar-refractivity contribution in [2.24, 2.45) is 23.2 Å². The van der Waals surface area contributed by atoms with E-state index in [2.05, 4.69) is 57.5 Å². The van der Waals surface area contributed by atoms with Gasteiger partial charge in [-0.1, -0.05) is 71.4 Å². The first-order valence-corrected chi connectivity index (χ1v) is 16.8. The Morgan fingerprint density at radius 3 is 2.27 bits per heavy atom. The molecule has 0 radical (unpaired) electrons. The predicted molar refractivity (Wildman–Crippen MR) is 177 cm³/mol. The Morgan fingerprint density at radius 2 is 1.62 bits per heavy atom. The Balaban J connectivity index is 1.31. The lowest BCUT2D eigenvalue weighted by atomic mass is 9.43. The maximum Gasteiger partial charge on any atom is 0.481 e. The zero-order valence-corrected chi connectivity index (χ0v) is 27.7. The summed E-state index contributed by atoms with van der Waals surface area (Å²) in [6.07, 6.45) is 5.88. The lowest BCUT2D eigenvalue weighted by molar-refractivity contribution is -0.199. The minimum Gasteiger partial charge on any atom is -0.404 e. The molecule has 242 valence electrons. The number of hydrogen-bond donors (Lipinski definition) is 3. The lowest BCUT2D eigenvalue weighted by Crippen LogP contribution is -2.65. The Bertz CT molecular complexity index is 1350. The van der Waals surface area contributed by atoms with E-state index in [1.165, 1.54) is 5.56 Å². The normalized spacial score (nSPS) is 25.9. The summed E-state index contributed by atoms with van der Waals surface area (Å²) in [5.41, 5.74) is 1.92. The van der Waals surface area contributed by atoms with Crippen molar-refractivity contribution in [3.8, 4) is 0 Å². The van der Waals surface area contributed by atoms with Crippen LogP contribution in [0.3, 0.4) is 0 Å². The molecule has 2 aromatic rings. The van der Waals surface area contributed by atoms with Crippen molar-refractivity contribution in [1.82, 2.24) is 16.0 Å². The summed E-state index contributed by atoms with van der Waals surface area (Å²) in [5.74, 6) is -0.207. The van der Waals surface area contributed by atoms with Crippen LogP contribution in [0.15, 0.2) is 54.6 Å². The van der Waals surface area contributed by atoms with Crippen LogP contribution in [0.4, 0.5) is 0 Å². The molecule has 6 atom stereocenters. The molecule has 3 amide bonds. The first-order chi connectivity index (χ1) is 21.4. The zero-order valence-electron chi connectivity index (χ0n) is 27.7. The molecule has 1 saturated heterocycles. The zero-order chi connectivity index (χ0) is 32.4. The van der Waals surface area contributed by atoms with Gasteiger partial charge in [0.1, 0.15) is 6.04 Å². The number of aryl methyl sites for hydroxylation is 1. The van der Waals surface area contributed by atoms with Gasteiger partial charge in [0.15, 0.2) is 0 Å². The summed E-state index contributed by atoms with van der Waals surface area (Å²) < 4.78 is 13.3. The van der Waals surface area contributed by atoms with E-state index in [0.717, 1.165) is 32.1 Å². The summed E-state index contributed by atoms with van der Waals surface area (Å²) in [4.78, 5) is 40.2. The molecule has 0 spiro atoms. The largest absolute Gasteiger partial charge is 0.481 e. The molecule has 3 saturated carbocycles. The number of carbonyl (C=O) groups excluding carboxylic acids is 3. The van der Waals surface area contributed by atoms with E-state index in [4.69, 9.17) is 9.31 Å². The summed E-state index contributed by atoms with van der Waals surface area (Å²) in [6, 6.07) is 15.3. The van der Waals surface area contributed by atoms with Crippen molar-refractivity contribution < 1.29 is 23.7 Å². The van der Waals surface area contributed by atoms with E-state index in [0.29, 0.717) is 29.4 Å². The van der Waals surface area contributed by atoms with E-state index < -0.39 is 30.6 Å². The Morgan fingerprint density at radius 1 is 0.933 bits per heavy atom. The molecule has 8 nitrogen and oxygen atoms in total. The standard InChI is InChI=1S/C36H50BN3O5/c1-7-8-12-24-15-17-26(18-16-24)33(42)39-28(22-38-32(41)25-13-10-9-11-14-25)34(43)40-31(19-23(2)3)37-44-30-21-27-20-29(35(27,4)5)36(30,6)45-37/h9-11,13-18,23,27-31H,7-8,12,19-22H2,1-6H3,(H,38,41)(H,39,42)(H,40,43)/t27-,28-,29-,30+,31-,36-/m0/s1. The van der Waals surface area contributed by atoms with Gasteiger partial charge in [0.25, 0.3) is 11.8 Å². The first-order valence-electron chi connectivity index (χ1n) is 16.8.